The zero-order valence-electron chi connectivity index (χ0n) is 15.1. The molecule has 0 unspecified atom stereocenters. The van der Waals surface area contributed by atoms with E-state index < -0.39 is 0 Å². The van der Waals surface area contributed by atoms with Crippen LogP contribution >= 0.6 is 0 Å². The van der Waals surface area contributed by atoms with Gasteiger partial charge in [0.05, 0.1) is 19.0 Å². The highest BCUT2D eigenvalue weighted by Crippen LogP contribution is 2.23. The molecule has 0 atom stereocenters. The standard InChI is InChI=1S/C22H21FN2O2/c1-27-22-14-13-18(15-24-22)25-21(26)8-4-5-16-9-11-17(12-10-16)19-6-2-3-7-20(19)23/h2-3,6-7,9-15H,4-5,8H2,1H3,(H,25,26). The lowest BCUT2D eigenvalue weighted by Gasteiger charge is -2.07. The van der Waals surface area contributed by atoms with Crippen molar-refractivity contribution < 1.29 is 13.9 Å². The average molecular weight is 364 g/mol. The monoisotopic (exact) mass is 364 g/mol. The largest absolute Gasteiger partial charge is 0.481 e. The molecule has 5 heteroatoms. The predicted octanol–water partition coefficient (Wildman–Crippen LogP) is 4.86. The number of nitrogens with zero attached hydrogens (tertiary/aromatic N) is 1. The number of pyridine rings is 1. The number of amides is 1. The first-order valence-corrected chi connectivity index (χ1v) is 8.79. The van der Waals surface area contributed by atoms with Crippen LogP contribution in [0.3, 0.4) is 0 Å². The Kier molecular flexibility index (Phi) is 6.15. The van der Waals surface area contributed by atoms with Gasteiger partial charge in [0, 0.05) is 18.1 Å². The van der Waals surface area contributed by atoms with E-state index in [1.54, 1.807) is 37.6 Å². The molecular weight excluding hydrogens is 343 g/mol. The van der Waals surface area contributed by atoms with Crippen LogP contribution < -0.4 is 10.1 Å². The average Bonchev–Trinajstić information content (AvgIpc) is 2.70. The van der Waals surface area contributed by atoms with Crippen molar-refractivity contribution in [3.05, 3.63) is 78.2 Å². The van der Waals surface area contributed by atoms with Gasteiger partial charge in [-0.2, -0.15) is 0 Å². The maximum atomic E-state index is 13.8. The van der Waals surface area contributed by atoms with Crippen LogP contribution in [-0.2, 0) is 11.2 Å². The van der Waals surface area contributed by atoms with Gasteiger partial charge >= 0.3 is 0 Å². The molecule has 1 heterocycles. The molecule has 0 spiro atoms. The van der Waals surface area contributed by atoms with Gasteiger partial charge in [0.15, 0.2) is 0 Å². The van der Waals surface area contributed by atoms with Gasteiger partial charge < -0.3 is 10.1 Å². The minimum absolute atomic E-state index is 0.0510. The third kappa shape index (κ3) is 5.14. The van der Waals surface area contributed by atoms with Crippen LogP contribution in [0.4, 0.5) is 10.1 Å². The van der Waals surface area contributed by atoms with Gasteiger partial charge in [-0.1, -0.05) is 42.5 Å². The summed E-state index contributed by atoms with van der Waals surface area (Å²) >= 11 is 0. The lowest BCUT2D eigenvalue weighted by Crippen LogP contribution is -2.11. The summed E-state index contributed by atoms with van der Waals surface area (Å²) < 4.78 is 18.8. The van der Waals surface area contributed by atoms with Gasteiger partial charge in [-0.3, -0.25) is 4.79 Å². The van der Waals surface area contributed by atoms with Crippen molar-refractivity contribution >= 4 is 11.6 Å². The summed E-state index contributed by atoms with van der Waals surface area (Å²) in [6.07, 6.45) is 3.50. The summed E-state index contributed by atoms with van der Waals surface area (Å²) in [5, 5.41) is 2.82. The number of halogens is 1. The molecule has 0 aliphatic carbocycles. The molecule has 1 N–H and O–H groups in total. The summed E-state index contributed by atoms with van der Waals surface area (Å²) in [5.41, 5.74) is 3.21. The van der Waals surface area contributed by atoms with E-state index in [0.717, 1.165) is 24.0 Å². The fraction of sp³-hybridized carbons (Fsp3) is 0.182. The van der Waals surface area contributed by atoms with Gasteiger partial charge in [0.25, 0.3) is 0 Å². The molecule has 0 saturated heterocycles. The van der Waals surface area contributed by atoms with Crippen LogP contribution in [0.1, 0.15) is 18.4 Å². The Morgan fingerprint density at radius 2 is 1.85 bits per heavy atom. The lowest BCUT2D eigenvalue weighted by atomic mass is 10.0. The second-order valence-corrected chi connectivity index (χ2v) is 6.17. The molecule has 0 fully saturated rings. The van der Waals surface area contributed by atoms with E-state index in [-0.39, 0.29) is 11.7 Å². The Bertz CT molecular complexity index is 893. The topological polar surface area (TPSA) is 51.2 Å². The molecular formula is C22H21FN2O2. The summed E-state index contributed by atoms with van der Waals surface area (Å²) in [6, 6.07) is 18.0. The van der Waals surface area contributed by atoms with Gasteiger partial charge in [-0.25, -0.2) is 9.37 Å². The van der Waals surface area contributed by atoms with Gasteiger partial charge in [-0.05, 0) is 36.1 Å². The number of anilines is 1. The molecule has 3 aromatic rings. The number of methoxy groups -OCH3 is 1. The van der Waals surface area contributed by atoms with Crippen LogP contribution in [0.15, 0.2) is 66.9 Å². The van der Waals surface area contributed by atoms with E-state index in [2.05, 4.69) is 10.3 Å². The molecule has 0 aliphatic heterocycles. The van der Waals surface area contributed by atoms with Crippen LogP contribution in [0, 0.1) is 5.82 Å². The maximum Gasteiger partial charge on any atom is 0.224 e. The van der Waals surface area contributed by atoms with Crippen LogP contribution in [0.2, 0.25) is 0 Å². The molecule has 0 saturated carbocycles. The predicted molar refractivity (Wildman–Crippen MR) is 104 cm³/mol. The van der Waals surface area contributed by atoms with E-state index in [9.17, 15) is 9.18 Å². The maximum absolute atomic E-state index is 13.8. The van der Waals surface area contributed by atoms with Gasteiger partial charge in [-0.15, -0.1) is 0 Å². The zero-order valence-corrected chi connectivity index (χ0v) is 15.1. The Morgan fingerprint density at radius 1 is 1.07 bits per heavy atom. The second-order valence-electron chi connectivity index (χ2n) is 6.17. The van der Waals surface area contributed by atoms with Crippen LogP contribution in [0.5, 0.6) is 5.88 Å². The first-order chi connectivity index (χ1) is 13.2. The Morgan fingerprint density at radius 3 is 2.52 bits per heavy atom. The molecule has 0 aliphatic rings. The number of hydrogen-bond donors (Lipinski definition) is 1. The SMILES string of the molecule is COc1ccc(NC(=O)CCCc2ccc(-c3ccccc3F)cc2)cn1. The zero-order chi connectivity index (χ0) is 19.1. The normalized spacial score (nSPS) is 10.4. The fourth-order valence-electron chi connectivity index (χ4n) is 2.80. The van der Waals surface area contributed by atoms with E-state index in [1.165, 1.54) is 6.07 Å². The highest BCUT2D eigenvalue weighted by molar-refractivity contribution is 5.90. The first kappa shape index (κ1) is 18.6. The van der Waals surface area contributed by atoms with Crippen molar-refractivity contribution in [3.8, 4) is 17.0 Å². The van der Waals surface area contributed by atoms with Crippen LogP contribution in [-0.4, -0.2) is 18.0 Å². The van der Waals surface area contributed by atoms with E-state index in [4.69, 9.17) is 4.74 Å². The number of nitrogens with one attached hydrogen (secondary N) is 1. The number of carbonyl (C=O) groups excluding carboxylic acids is 1. The van der Waals surface area contributed by atoms with Crippen molar-refractivity contribution in [1.82, 2.24) is 4.98 Å². The van der Waals surface area contributed by atoms with Gasteiger partial charge in [0.1, 0.15) is 5.82 Å². The summed E-state index contributed by atoms with van der Waals surface area (Å²) in [5.74, 6) is 0.228. The number of aryl methyl sites for hydroxylation is 1. The van der Waals surface area contributed by atoms with Crippen molar-refractivity contribution in [2.75, 3.05) is 12.4 Å². The third-order valence-electron chi connectivity index (χ3n) is 4.24. The quantitative estimate of drug-likeness (QED) is 0.651. The Hall–Kier alpha value is -3.21. The van der Waals surface area contributed by atoms with Crippen LogP contribution in [0.25, 0.3) is 11.1 Å². The minimum atomic E-state index is -0.227. The molecule has 3 rings (SSSR count). The molecule has 1 aromatic heterocycles. The number of ether oxygens (including phenoxy) is 1. The summed E-state index contributed by atoms with van der Waals surface area (Å²) in [4.78, 5) is 16.1. The number of hydrogen-bond acceptors (Lipinski definition) is 3. The highest BCUT2D eigenvalue weighted by atomic mass is 19.1. The van der Waals surface area contributed by atoms with E-state index in [1.807, 2.05) is 30.3 Å². The van der Waals surface area contributed by atoms with Gasteiger partial charge in [0.2, 0.25) is 11.8 Å². The molecule has 0 radical (unpaired) electrons. The first-order valence-electron chi connectivity index (χ1n) is 8.79. The smallest absolute Gasteiger partial charge is 0.224 e. The molecule has 0 bridgehead atoms. The molecule has 4 nitrogen and oxygen atoms in total. The minimum Gasteiger partial charge on any atom is -0.481 e. The van der Waals surface area contributed by atoms with Crippen molar-refractivity contribution in [2.45, 2.75) is 19.3 Å². The highest BCUT2D eigenvalue weighted by Gasteiger charge is 2.06. The summed E-state index contributed by atoms with van der Waals surface area (Å²) in [6.45, 7) is 0. The van der Waals surface area contributed by atoms with E-state index >= 15 is 0 Å². The number of rotatable bonds is 7. The van der Waals surface area contributed by atoms with Crippen molar-refractivity contribution in [2.24, 2.45) is 0 Å². The third-order valence-corrected chi connectivity index (χ3v) is 4.24. The Balaban J connectivity index is 1.48. The van der Waals surface area contributed by atoms with Crippen molar-refractivity contribution in [1.29, 1.82) is 0 Å². The number of benzene rings is 2. The second kappa shape index (κ2) is 8.94. The fourth-order valence-corrected chi connectivity index (χ4v) is 2.80. The lowest BCUT2D eigenvalue weighted by molar-refractivity contribution is -0.116. The Labute approximate surface area is 158 Å². The molecule has 138 valence electrons. The number of carbonyl (C=O) groups is 1. The van der Waals surface area contributed by atoms with E-state index in [0.29, 0.717) is 23.6 Å². The number of aromatic nitrogens is 1. The molecule has 1 amide bonds. The molecule has 27 heavy (non-hydrogen) atoms. The van der Waals surface area contributed by atoms with Crippen molar-refractivity contribution in [3.63, 3.8) is 0 Å². The molecule has 2 aromatic carbocycles. The summed E-state index contributed by atoms with van der Waals surface area (Å²) in [7, 11) is 1.55.